The number of benzene rings is 3. The fourth-order valence-electron chi connectivity index (χ4n) is 5.34. The number of rotatable bonds is 3. The van der Waals surface area contributed by atoms with Gasteiger partial charge in [0.15, 0.2) is 0 Å². The van der Waals surface area contributed by atoms with E-state index in [1.165, 1.54) is 5.56 Å². The van der Waals surface area contributed by atoms with Crippen LogP contribution in [0.3, 0.4) is 0 Å². The number of fused-ring (bicyclic) bond motifs is 5. The molecular weight excluding hydrogens is 442 g/mol. The molecule has 178 valence electrons. The minimum Gasteiger partial charge on any atom is -0.460 e. The summed E-state index contributed by atoms with van der Waals surface area (Å²) in [5.41, 5.74) is 5.70. The summed E-state index contributed by atoms with van der Waals surface area (Å²) in [6.45, 7) is 12.7. The normalized spacial score (nSPS) is 16.7. The lowest BCUT2D eigenvalue weighted by Crippen LogP contribution is -2.26. The minimum absolute atomic E-state index is 0.212. The Balaban J connectivity index is 1.68. The van der Waals surface area contributed by atoms with Crippen molar-refractivity contribution in [1.82, 2.24) is 0 Å². The maximum absolute atomic E-state index is 13.5. The molecule has 0 spiro atoms. The van der Waals surface area contributed by atoms with Crippen LogP contribution in [0, 0.1) is 32.1 Å². The predicted molar refractivity (Wildman–Crippen MR) is 140 cm³/mol. The van der Waals surface area contributed by atoms with Gasteiger partial charge in [0.2, 0.25) is 0 Å². The summed E-state index contributed by atoms with van der Waals surface area (Å²) in [4.78, 5) is 0.321. The van der Waals surface area contributed by atoms with E-state index < -0.39 is 10.0 Å². The lowest BCUT2D eigenvalue weighted by Gasteiger charge is -2.33. The molecule has 0 radical (unpaired) electrons. The average molecular weight is 476 g/mol. The summed E-state index contributed by atoms with van der Waals surface area (Å²) in [6, 6.07) is 13.6. The molecule has 0 fully saturated rings. The van der Waals surface area contributed by atoms with Crippen LogP contribution in [0.2, 0.25) is 0 Å². The molecule has 34 heavy (non-hydrogen) atoms. The van der Waals surface area contributed by atoms with Crippen molar-refractivity contribution in [3.63, 3.8) is 0 Å². The third-order valence-corrected chi connectivity index (χ3v) is 9.11. The molecule has 1 aliphatic carbocycles. The SMILES string of the molecule is Cc1cc(C)c(S(=O)(=O)Nc2cc3c4c(oc3c3ccccc23)CCC(C(C)(C)C)C4)cc1C. The minimum atomic E-state index is -3.76. The molecule has 4 nitrogen and oxygen atoms in total. The Morgan fingerprint density at radius 1 is 0.912 bits per heavy atom. The Morgan fingerprint density at radius 2 is 1.59 bits per heavy atom. The molecule has 0 bridgehead atoms. The van der Waals surface area contributed by atoms with Crippen molar-refractivity contribution in [2.75, 3.05) is 4.72 Å². The predicted octanol–water partition coefficient (Wildman–Crippen LogP) is 7.46. The van der Waals surface area contributed by atoms with Gasteiger partial charge in [0.25, 0.3) is 10.0 Å². The molecule has 0 amide bonds. The molecule has 0 saturated heterocycles. The molecule has 1 aromatic heterocycles. The van der Waals surface area contributed by atoms with Gasteiger partial charge in [-0.2, -0.15) is 0 Å². The highest BCUT2D eigenvalue weighted by Crippen LogP contribution is 2.44. The molecule has 5 rings (SSSR count). The molecule has 3 aromatic carbocycles. The summed E-state index contributed by atoms with van der Waals surface area (Å²) in [7, 11) is -3.76. The van der Waals surface area contributed by atoms with Crippen molar-refractivity contribution in [2.24, 2.45) is 11.3 Å². The Bertz CT molecular complexity index is 1540. The van der Waals surface area contributed by atoms with E-state index in [2.05, 4.69) is 25.5 Å². The largest absolute Gasteiger partial charge is 0.460 e. The van der Waals surface area contributed by atoms with Crippen LogP contribution in [-0.2, 0) is 22.9 Å². The topological polar surface area (TPSA) is 59.3 Å². The smallest absolute Gasteiger partial charge is 0.262 e. The van der Waals surface area contributed by atoms with Crippen LogP contribution >= 0.6 is 0 Å². The van der Waals surface area contributed by atoms with Crippen LogP contribution in [0.15, 0.2) is 51.8 Å². The number of furan rings is 1. The second-order valence-electron chi connectivity index (χ2n) is 11.0. The maximum atomic E-state index is 13.5. The maximum Gasteiger partial charge on any atom is 0.262 e. The van der Waals surface area contributed by atoms with E-state index in [9.17, 15) is 8.42 Å². The van der Waals surface area contributed by atoms with E-state index in [1.807, 2.05) is 57.2 Å². The molecule has 1 aliphatic rings. The monoisotopic (exact) mass is 475 g/mol. The highest BCUT2D eigenvalue weighted by Gasteiger charge is 2.32. The van der Waals surface area contributed by atoms with Crippen LogP contribution in [-0.4, -0.2) is 8.42 Å². The molecular formula is C29H33NO3S. The van der Waals surface area contributed by atoms with Gasteiger partial charge in [0, 0.05) is 28.1 Å². The second kappa shape index (κ2) is 7.88. The van der Waals surface area contributed by atoms with E-state index in [-0.39, 0.29) is 5.41 Å². The molecule has 1 N–H and O–H groups in total. The summed E-state index contributed by atoms with van der Waals surface area (Å²) in [5, 5.41) is 2.81. The van der Waals surface area contributed by atoms with Gasteiger partial charge in [0.05, 0.1) is 10.6 Å². The van der Waals surface area contributed by atoms with Crippen molar-refractivity contribution < 1.29 is 12.8 Å². The molecule has 0 saturated carbocycles. The van der Waals surface area contributed by atoms with Gasteiger partial charge in [-0.1, -0.05) is 51.1 Å². The number of hydrogen-bond donors (Lipinski definition) is 1. The fourth-order valence-corrected chi connectivity index (χ4v) is 6.73. The number of hydrogen-bond acceptors (Lipinski definition) is 3. The average Bonchev–Trinajstić information content (AvgIpc) is 3.13. The number of nitrogens with one attached hydrogen (secondary N) is 1. The summed E-state index contributed by atoms with van der Waals surface area (Å²) >= 11 is 0. The lowest BCUT2D eigenvalue weighted by atomic mass is 9.71. The van der Waals surface area contributed by atoms with Crippen LogP contribution in [0.1, 0.15) is 55.2 Å². The second-order valence-corrected chi connectivity index (χ2v) is 12.6. The molecule has 4 aromatic rings. The molecule has 1 heterocycles. The van der Waals surface area contributed by atoms with E-state index >= 15 is 0 Å². The first-order valence-corrected chi connectivity index (χ1v) is 13.5. The highest BCUT2D eigenvalue weighted by molar-refractivity contribution is 7.92. The van der Waals surface area contributed by atoms with Gasteiger partial charge >= 0.3 is 0 Å². The first-order chi connectivity index (χ1) is 16.0. The zero-order chi connectivity index (χ0) is 24.4. The van der Waals surface area contributed by atoms with Crippen LogP contribution in [0.5, 0.6) is 0 Å². The standard InChI is InChI=1S/C29H33NO3S/c1-17-13-19(3)27(14-18(17)2)34(31,32)30-25-16-24-23-15-20(29(4,5)6)11-12-26(23)33-28(24)22-10-8-7-9-21(22)25/h7-10,13-14,16,20,30H,11-12,15H2,1-6H3. The van der Waals surface area contributed by atoms with Gasteiger partial charge in [0.1, 0.15) is 11.3 Å². The molecule has 1 atom stereocenters. The zero-order valence-corrected chi connectivity index (χ0v) is 21.7. The molecule has 1 unspecified atom stereocenters. The highest BCUT2D eigenvalue weighted by atomic mass is 32.2. The zero-order valence-electron chi connectivity index (χ0n) is 20.9. The van der Waals surface area contributed by atoms with Crippen molar-refractivity contribution in [2.45, 2.75) is 65.7 Å². The van der Waals surface area contributed by atoms with Crippen molar-refractivity contribution in [3.05, 3.63) is 70.5 Å². The third kappa shape index (κ3) is 3.80. The Hall–Kier alpha value is -2.79. The van der Waals surface area contributed by atoms with E-state index in [0.717, 1.165) is 63.5 Å². The number of aryl methyl sites for hydroxylation is 4. The summed E-state index contributed by atoms with van der Waals surface area (Å²) in [6.07, 6.45) is 2.98. The Kier molecular flexibility index (Phi) is 5.32. The lowest BCUT2D eigenvalue weighted by molar-refractivity contribution is 0.210. The molecule has 0 aliphatic heterocycles. The van der Waals surface area contributed by atoms with Crippen molar-refractivity contribution in [3.8, 4) is 0 Å². The van der Waals surface area contributed by atoms with Crippen molar-refractivity contribution >= 4 is 37.5 Å². The van der Waals surface area contributed by atoms with E-state index in [0.29, 0.717) is 16.5 Å². The van der Waals surface area contributed by atoms with Gasteiger partial charge in [-0.05, 0) is 73.8 Å². The fraction of sp³-hybridized carbons (Fsp3) is 0.379. The van der Waals surface area contributed by atoms with Crippen LogP contribution in [0.25, 0.3) is 21.7 Å². The van der Waals surface area contributed by atoms with Crippen molar-refractivity contribution in [1.29, 1.82) is 0 Å². The van der Waals surface area contributed by atoms with Gasteiger partial charge in [-0.25, -0.2) is 8.42 Å². The first-order valence-electron chi connectivity index (χ1n) is 12.0. The molecule has 5 heteroatoms. The first kappa shape index (κ1) is 23.0. The van der Waals surface area contributed by atoms with Crippen LogP contribution < -0.4 is 4.72 Å². The van der Waals surface area contributed by atoms with E-state index in [4.69, 9.17) is 4.42 Å². The number of sulfonamides is 1. The summed E-state index contributed by atoms with van der Waals surface area (Å²) < 4.78 is 36.4. The number of anilines is 1. The summed E-state index contributed by atoms with van der Waals surface area (Å²) in [5.74, 6) is 1.61. The van der Waals surface area contributed by atoms with Crippen LogP contribution in [0.4, 0.5) is 5.69 Å². The van der Waals surface area contributed by atoms with Gasteiger partial charge in [-0.15, -0.1) is 0 Å². The van der Waals surface area contributed by atoms with E-state index in [1.54, 1.807) is 6.07 Å². The quantitative estimate of drug-likeness (QED) is 0.334. The Labute approximate surface area is 202 Å². The van der Waals surface area contributed by atoms with Gasteiger partial charge in [-0.3, -0.25) is 4.72 Å². The van der Waals surface area contributed by atoms with Gasteiger partial charge < -0.3 is 4.42 Å². The third-order valence-electron chi connectivity index (χ3n) is 7.60. The Morgan fingerprint density at radius 3 is 2.29 bits per heavy atom.